The van der Waals surface area contributed by atoms with Crippen LogP contribution in [0, 0.1) is 0 Å². The summed E-state index contributed by atoms with van der Waals surface area (Å²) >= 11 is 0. The molecule has 128 valence electrons. The molecule has 0 radical (unpaired) electrons. The highest BCUT2D eigenvalue weighted by molar-refractivity contribution is 5.97. The van der Waals surface area contributed by atoms with Gasteiger partial charge in [-0.1, -0.05) is 13.8 Å². The molecule has 0 unspecified atom stereocenters. The zero-order valence-corrected chi connectivity index (χ0v) is 14.6. The van der Waals surface area contributed by atoms with Crippen LogP contribution in [-0.2, 0) is 9.53 Å². The first-order valence-electron chi connectivity index (χ1n) is 7.90. The second kappa shape index (κ2) is 7.85. The Morgan fingerprint density at radius 1 is 1.13 bits per heavy atom. The molecule has 1 heterocycles. The standard InChI is InChI=1S/C15H21N3O3.C2H6/c1-15(2,3)21-14(20)17-8-9-18(13(19)10-17)12-6-4-11(16)5-7-12;1-2/h4-7H,8-10,16H2,1-3H3;1-2H3. The maximum Gasteiger partial charge on any atom is 0.410 e. The van der Waals surface area contributed by atoms with Gasteiger partial charge in [0.1, 0.15) is 12.1 Å². The molecule has 0 bridgehead atoms. The van der Waals surface area contributed by atoms with E-state index < -0.39 is 11.7 Å². The normalized spacial score (nSPS) is 14.9. The van der Waals surface area contributed by atoms with E-state index in [1.165, 1.54) is 4.90 Å². The van der Waals surface area contributed by atoms with E-state index >= 15 is 0 Å². The Hall–Kier alpha value is -2.24. The van der Waals surface area contributed by atoms with Crippen molar-refractivity contribution in [3.8, 4) is 0 Å². The molecule has 1 aliphatic heterocycles. The summed E-state index contributed by atoms with van der Waals surface area (Å²) in [6.07, 6.45) is -0.451. The van der Waals surface area contributed by atoms with Gasteiger partial charge in [-0.05, 0) is 45.0 Å². The Kier molecular flexibility index (Phi) is 6.42. The predicted octanol–water partition coefficient (Wildman–Crippen LogP) is 2.88. The van der Waals surface area contributed by atoms with Gasteiger partial charge in [-0.25, -0.2) is 4.79 Å². The molecule has 0 spiro atoms. The van der Waals surface area contributed by atoms with Gasteiger partial charge in [-0.15, -0.1) is 0 Å². The van der Waals surface area contributed by atoms with Crippen LogP contribution in [0.15, 0.2) is 24.3 Å². The Morgan fingerprint density at radius 2 is 1.70 bits per heavy atom. The highest BCUT2D eigenvalue weighted by Crippen LogP contribution is 2.20. The van der Waals surface area contributed by atoms with Gasteiger partial charge in [0.25, 0.3) is 0 Å². The van der Waals surface area contributed by atoms with E-state index in [-0.39, 0.29) is 12.5 Å². The maximum atomic E-state index is 12.2. The number of hydrogen-bond acceptors (Lipinski definition) is 4. The molecule has 0 saturated carbocycles. The SMILES string of the molecule is CC.CC(C)(C)OC(=O)N1CCN(c2ccc(N)cc2)C(=O)C1. The first kappa shape index (κ1) is 18.8. The molecular formula is C17H27N3O3. The van der Waals surface area contributed by atoms with Gasteiger partial charge in [-0.2, -0.15) is 0 Å². The number of rotatable bonds is 1. The minimum atomic E-state index is -0.561. The summed E-state index contributed by atoms with van der Waals surface area (Å²) in [4.78, 5) is 27.3. The minimum absolute atomic E-state index is 0.0271. The summed E-state index contributed by atoms with van der Waals surface area (Å²) in [5.41, 5.74) is 6.52. The van der Waals surface area contributed by atoms with Crippen molar-refractivity contribution in [2.75, 3.05) is 30.3 Å². The largest absolute Gasteiger partial charge is 0.444 e. The molecule has 0 aliphatic carbocycles. The van der Waals surface area contributed by atoms with E-state index in [1.807, 2.05) is 13.8 Å². The summed E-state index contributed by atoms with van der Waals surface area (Å²) in [5.74, 6) is -0.128. The fourth-order valence-electron chi connectivity index (χ4n) is 2.08. The lowest BCUT2D eigenvalue weighted by Crippen LogP contribution is -2.53. The maximum absolute atomic E-state index is 12.2. The molecule has 2 N–H and O–H groups in total. The molecule has 6 heteroatoms. The van der Waals surface area contributed by atoms with E-state index in [0.29, 0.717) is 18.8 Å². The van der Waals surface area contributed by atoms with Gasteiger partial charge < -0.3 is 15.4 Å². The molecular weight excluding hydrogens is 294 g/mol. The van der Waals surface area contributed by atoms with Crippen molar-refractivity contribution in [2.24, 2.45) is 0 Å². The highest BCUT2D eigenvalue weighted by atomic mass is 16.6. The van der Waals surface area contributed by atoms with Gasteiger partial charge >= 0.3 is 6.09 Å². The topological polar surface area (TPSA) is 75.9 Å². The second-order valence-corrected chi connectivity index (χ2v) is 6.04. The number of hydrogen-bond donors (Lipinski definition) is 1. The van der Waals surface area contributed by atoms with Crippen LogP contribution in [0.25, 0.3) is 0 Å². The Labute approximate surface area is 138 Å². The molecule has 1 saturated heterocycles. The zero-order valence-electron chi connectivity index (χ0n) is 14.6. The van der Waals surface area contributed by atoms with Crippen molar-refractivity contribution < 1.29 is 14.3 Å². The zero-order chi connectivity index (χ0) is 17.6. The quantitative estimate of drug-likeness (QED) is 0.807. The van der Waals surface area contributed by atoms with E-state index in [1.54, 1.807) is 49.9 Å². The number of piperazine rings is 1. The van der Waals surface area contributed by atoms with Gasteiger partial charge in [0.2, 0.25) is 5.91 Å². The molecule has 1 aromatic carbocycles. The molecule has 6 nitrogen and oxygen atoms in total. The molecule has 0 aromatic heterocycles. The third-order valence-electron chi connectivity index (χ3n) is 3.08. The molecule has 1 fully saturated rings. The summed E-state index contributed by atoms with van der Waals surface area (Å²) in [6, 6.07) is 7.11. The van der Waals surface area contributed by atoms with Crippen LogP contribution in [0.3, 0.4) is 0 Å². The minimum Gasteiger partial charge on any atom is -0.444 e. The van der Waals surface area contributed by atoms with Crippen molar-refractivity contribution in [3.05, 3.63) is 24.3 Å². The molecule has 2 amide bonds. The molecule has 23 heavy (non-hydrogen) atoms. The van der Waals surface area contributed by atoms with E-state index in [9.17, 15) is 9.59 Å². The fourth-order valence-corrected chi connectivity index (χ4v) is 2.08. The van der Waals surface area contributed by atoms with Crippen molar-refractivity contribution in [1.29, 1.82) is 0 Å². The number of nitrogens with two attached hydrogens (primary N) is 1. The number of amides is 2. The lowest BCUT2D eigenvalue weighted by Gasteiger charge is -2.35. The first-order valence-corrected chi connectivity index (χ1v) is 7.90. The molecule has 1 aliphatic rings. The monoisotopic (exact) mass is 321 g/mol. The number of nitrogens with zero attached hydrogens (tertiary/aromatic N) is 2. The number of ether oxygens (including phenoxy) is 1. The smallest absolute Gasteiger partial charge is 0.410 e. The van der Waals surface area contributed by atoms with E-state index in [0.717, 1.165) is 5.69 Å². The van der Waals surface area contributed by atoms with Crippen LogP contribution in [0.1, 0.15) is 34.6 Å². The van der Waals surface area contributed by atoms with Crippen LogP contribution in [0.5, 0.6) is 0 Å². The van der Waals surface area contributed by atoms with Crippen LogP contribution in [-0.4, -0.2) is 42.1 Å². The van der Waals surface area contributed by atoms with Gasteiger partial charge in [0.05, 0.1) is 0 Å². The molecule has 0 atom stereocenters. The van der Waals surface area contributed by atoms with Gasteiger partial charge in [-0.3, -0.25) is 9.69 Å². The average molecular weight is 321 g/mol. The number of benzene rings is 1. The Balaban J connectivity index is 0.00000127. The second-order valence-electron chi connectivity index (χ2n) is 6.04. The van der Waals surface area contributed by atoms with Gasteiger partial charge in [0.15, 0.2) is 0 Å². The van der Waals surface area contributed by atoms with Crippen LogP contribution in [0.2, 0.25) is 0 Å². The number of carbonyl (C=O) groups excluding carboxylic acids is 2. The number of carbonyl (C=O) groups is 2. The highest BCUT2D eigenvalue weighted by Gasteiger charge is 2.30. The Morgan fingerprint density at radius 3 is 2.17 bits per heavy atom. The van der Waals surface area contributed by atoms with Crippen molar-refractivity contribution in [3.63, 3.8) is 0 Å². The average Bonchev–Trinajstić information content (AvgIpc) is 2.48. The van der Waals surface area contributed by atoms with Crippen LogP contribution < -0.4 is 10.6 Å². The van der Waals surface area contributed by atoms with Crippen LogP contribution in [0.4, 0.5) is 16.2 Å². The third kappa shape index (κ3) is 5.47. The summed E-state index contributed by atoms with van der Waals surface area (Å²) < 4.78 is 5.28. The van der Waals surface area contributed by atoms with Crippen LogP contribution >= 0.6 is 0 Å². The number of anilines is 2. The van der Waals surface area contributed by atoms with Gasteiger partial charge in [0, 0.05) is 24.5 Å². The lowest BCUT2D eigenvalue weighted by atomic mass is 10.2. The van der Waals surface area contributed by atoms with Crippen molar-refractivity contribution >= 4 is 23.4 Å². The van der Waals surface area contributed by atoms with E-state index in [4.69, 9.17) is 10.5 Å². The summed E-state index contributed by atoms with van der Waals surface area (Å²) in [7, 11) is 0. The first-order chi connectivity index (χ1) is 10.8. The Bertz CT molecular complexity index is 535. The lowest BCUT2D eigenvalue weighted by molar-refractivity contribution is -0.121. The summed E-state index contributed by atoms with van der Waals surface area (Å²) in [6.45, 7) is 10.3. The third-order valence-corrected chi connectivity index (χ3v) is 3.08. The van der Waals surface area contributed by atoms with Crippen molar-refractivity contribution in [1.82, 2.24) is 4.90 Å². The fraction of sp³-hybridized carbons (Fsp3) is 0.529. The van der Waals surface area contributed by atoms with E-state index in [2.05, 4.69) is 0 Å². The molecule has 2 rings (SSSR count). The number of nitrogen functional groups attached to an aromatic ring is 1. The summed E-state index contributed by atoms with van der Waals surface area (Å²) in [5, 5.41) is 0. The molecule has 1 aromatic rings. The predicted molar refractivity (Wildman–Crippen MR) is 92.4 cm³/mol. The van der Waals surface area contributed by atoms with Crippen molar-refractivity contribution in [2.45, 2.75) is 40.2 Å².